The van der Waals surface area contributed by atoms with Gasteiger partial charge in [0.1, 0.15) is 35.1 Å². The molecule has 18 nitrogen and oxygen atoms in total. The lowest BCUT2D eigenvalue weighted by molar-refractivity contribution is -0.318. The topological polar surface area (TPSA) is 278 Å². The summed E-state index contributed by atoms with van der Waals surface area (Å²) in [5.41, 5.74) is -4.84. The molecule has 3 fully saturated rings. The van der Waals surface area contributed by atoms with Crippen molar-refractivity contribution < 1.29 is 78.6 Å². The first-order chi connectivity index (χ1) is 26.6. The Hall–Kier alpha value is -1.52. The number of ether oxygens (including phenoxy) is 6. The van der Waals surface area contributed by atoms with Gasteiger partial charge in [0.15, 0.2) is 12.6 Å². The smallest absolute Gasteiger partial charge is 0.459 e. The Morgan fingerprint density at radius 2 is 1.47 bits per heavy atom. The molecule has 0 bridgehead atoms. The summed E-state index contributed by atoms with van der Waals surface area (Å²) < 4.78 is 37.1. The van der Waals surface area contributed by atoms with Gasteiger partial charge in [-0.25, -0.2) is 0 Å². The summed E-state index contributed by atoms with van der Waals surface area (Å²) in [5, 5.41) is 87.7. The number of hydrogen-bond donors (Lipinski definition) is 9. The van der Waals surface area contributed by atoms with E-state index in [0.717, 1.165) is 0 Å². The third-order valence-corrected chi connectivity index (χ3v) is 11.8. The van der Waals surface area contributed by atoms with Crippen LogP contribution >= 0.6 is 12.6 Å². The molecule has 0 radical (unpaired) electrons. The molecule has 0 aliphatic carbocycles. The normalized spacial score (nSPS) is 44.3. The minimum Gasteiger partial charge on any atom is -0.459 e. The first-order valence-corrected chi connectivity index (χ1v) is 20.2. The number of thiol groups is 1. The van der Waals surface area contributed by atoms with E-state index < -0.39 is 115 Å². The molecule has 338 valence electrons. The number of thiocyanates is 1. The average molecular weight is 855 g/mol. The van der Waals surface area contributed by atoms with Crippen molar-refractivity contribution in [3.63, 3.8) is 0 Å². The molecule has 3 saturated heterocycles. The first kappa shape index (κ1) is 54.5. The minimum absolute atomic E-state index is 0.0936. The van der Waals surface area contributed by atoms with Crippen LogP contribution in [0.3, 0.4) is 0 Å². The highest BCUT2D eigenvalue weighted by molar-refractivity contribution is 7.85. The maximum atomic E-state index is 14.1. The fourth-order valence-corrected chi connectivity index (χ4v) is 8.41. The highest BCUT2D eigenvalue weighted by atomic mass is 32.1. The SMILES string of the molecule is CC[C@H]1OC(=O)[C@H](C)[C@@H](O[C@H]2C[C@@](C)(OC)[C@@H](O)[C@H](C)O2)[C@@H](C)[C@@H](O[C@@H]2O[C@H](C)C[C@H](N(C)C)[C@H]2O)[C@](C)(O)C[C@@H](C)C(=O)[C@H](C)[C@H](O)[C@]1(C)O.N#CS.OB(O)O. The van der Waals surface area contributed by atoms with Crippen LogP contribution < -0.4 is 0 Å². The van der Waals surface area contributed by atoms with Crippen molar-refractivity contribution in [1.29, 1.82) is 5.26 Å². The van der Waals surface area contributed by atoms with E-state index in [2.05, 4.69) is 12.6 Å². The predicted molar refractivity (Wildman–Crippen MR) is 213 cm³/mol. The van der Waals surface area contributed by atoms with Crippen LogP contribution in [0.5, 0.6) is 0 Å². The lowest BCUT2D eigenvalue weighted by Gasteiger charge is -2.49. The van der Waals surface area contributed by atoms with Crippen LogP contribution in [0.2, 0.25) is 0 Å². The Kier molecular flexibility index (Phi) is 21.7. The maximum Gasteiger partial charge on any atom is 0.631 e. The van der Waals surface area contributed by atoms with Crippen molar-refractivity contribution in [2.75, 3.05) is 21.2 Å². The standard InChI is InChI=1S/C37H67NO13.CHNS.BH3O3/c1-14-25-37(10,45)30(41)20(4)27(39)18(2)16-35(8,44)32(51-34-28(40)24(38(11)12)15-19(3)47-34)21(5)29(22(6)33(43)49-25)50-26-17-36(9,46-13)31(42)23(7)48-26;2-1-3;2-1(3)4/h18-26,28-32,34,40-42,44-45H,14-17H2,1-13H3;3H;2-4H/t18-,19-,20+,21-,22-,23+,24+,25-,26+,28-,29+,30+,31+,32-,34+,35-,36-,37-;;/m1../s1. The van der Waals surface area contributed by atoms with Gasteiger partial charge in [0, 0.05) is 37.3 Å². The van der Waals surface area contributed by atoms with Gasteiger partial charge in [0.2, 0.25) is 0 Å². The molecular weight excluding hydrogens is 783 g/mol. The number of rotatable bonds is 7. The number of nitriles is 1. The van der Waals surface area contributed by atoms with E-state index >= 15 is 0 Å². The summed E-state index contributed by atoms with van der Waals surface area (Å²) in [7, 11) is 3.01. The largest absolute Gasteiger partial charge is 0.631 e. The van der Waals surface area contributed by atoms with Crippen molar-refractivity contribution in [1.82, 2.24) is 4.90 Å². The van der Waals surface area contributed by atoms with Gasteiger partial charge in [-0.05, 0) is 74.9 Å². The zero-order valence-electron chi connectivity index (χ0n) is 36.3. The summed E-state index contributed by atoms with van der Waals surface area (Å²) in [6.07, 6.45) is -9.71. The van der Waals surface area contributed by atoms with E-state index in [1.54, 1.807) is 41.5 Å². The van der Waals surface area contributed by atoms with Gasteiger partial charge in [-0.15, -0.1) is 0 Å². The molecule has 0 unspecified atom stereocenters. The fraction of sp³-hybridized carbons (Fsp3) is 0.921. The molecule has 0 aromatic rings. The molecule has 0 amide bonds. The highest BCUT2D eigenvalue weighted by Crippen LogP contribution is 2.40. The monoisotopic (exact) mass is 854 g/mol. The van der Waals surface area contributed by atoms with Crippen molar-refractivity contribution in [3.05, 3.63) is 0 Å². The molecule has 3 aliphatic heterocycles. The van der Waals surface area contributed by atoms with Crippen molar-refractivity contribution in [3.8, 4) is 5.40 Å². The second kappa shape index (κ2) is 23.1. The summed E-state index contributed by atoms with van der Waals surface area (Å²) in [6, 6.07) is -0.324. The van der Waals surface area contributed by atoms with E-state index in [4.69, 9.17) is 48.8 Å². The number of nitrogens with zero attached hydrogens (tertiary/aromatic N) is 2. The van der Waals surface area contributed by atoms with Crippen LogP contribution in [0.15, 0.2) is 0 Å². The number of ketones is 1. The quantitative estimate of drug-likeness (QED) is 0.0713. The molecule has 3 rings (SSSR count). The van der Waals surface area contributed by atoms with E-state index in [9.17, 15) is 35.1 Å². The number of hydrogen-bond acceptors (Lipinski definition) is 19. The van der Waals surface area contributed by atoms with Crippen molar-refractivity contribution in [2.24, 2.45) is 23.7 Å². The molecule has 18 atom stereocenters. The molecule has 20 heteroatoms. The summed E-state index contributed by atoms with van der Waals surface area (Å²) in [5.74, 6) is -4.98. The Balaban J connectivity index is 0.00000222. The Morgan fingerprint density at radius 1 is 0.931 bits per heavy atom. The Morgan fingerprint density at radius 3 is 1.95 bits per heavy atom. The van der Waals surface area contributed by atoms with Gasteiger partial charge in [-0.2, -0.15) is 5.26 Å². The molecular formula is C38H71BN2O16S. The van der Waals surface area contributed by atoms with Gasteiger partial charge in [0.25, 0.3) is 0 Å². The first-order valence-electron chi connectivity index (χ1n) is 19.7. The van der Waals surface area contributed by atoms with Gasteiger partial charge in [0.05, 0.1) is 47.6 Å². The second-order valence-electron chi connectivity index (χ2n) is 16.9. The summed E-state index contributed by atoms with van der Waals surface area (Å²) in [4.78, 5) is 29.8. The second-order valence-corrected chi connectivity index (χ2v) is 17.1. The van der Waals surface area contributed by atoms with Crippen LogP contribution in [0.4, 0.5) is 0 Å². The Bertz CT molecular complexity index is 1320. The number of methoxy groups -OCH3 is 1. The number of likely N-dealkylation sites (N-methyl/N-ethyl adjacent to an activating group) is 1. The fourth-order valence-electron chi connectivity index (χ4n) is 8.41. The van der Waals surface area contributed by atoms with Crippen LogP contribution in [0.1, 0.15) is 94.9 Å². The van der Waals surface area contributed by atoms with E-state index in [1.165, 1.54) is 33.3 Å². The third kappa shape index (κ3) is 14.0. The van der Waals surface area contributed by atoms with Crippen LogP contribution in [0.25, 0.3) is 0 Å². The number of carbonyl (C=O) groups is 2. The van der Waals surface area contributed by atoms with Crippen LogP contribution in [-0.2, 0) is 38.0 Å². The lowest BCUT2D eigenvalue weighted by Crippen LogP contribution is -2.61. The minimum atomic E-state index is -2.17. The van der Waals surface area contributed by atoms with E-state index in [-0.39, 0.29) is 31.4 Å². The van der Waals surface area contributed by atoms with Gasteiger partial charge >= 0.3 is 13.3 Å². The number of aliphatic hydroxyl groups is 5. The molecule has 3 heterocycles. The number of aliphatic hydroxyl groups excluding tert-OH is 3. The molecule has 58 heavy (non-hydrogen) atoms. The predicted octanol–water partition coefficient (Wildman–Crippen LogP) is 0.131. The van der Waals surface area contributed by atoms with Gasteiger partial charge in [-0.3, -0.25) is 9.59 Å². The summed E-state index contributed by atoms with van der Waals surface area (Å²) in [6.45, 7) is 16.3. The number of carbonyl (C=O) groups excluding carboxylic acids is 2. The van der Waals surface area contributed by atoms with Gasteiger partial charge < -0.3 is 73.9 Å². The molecule has 0 aromatic carbocycles. The number of esters is 1. The molecule has 8 N–H and O–H groups in total. The molecule has 0 saturated carbocycles. The highest BCUT2D eigenvalue weighted by Gasteiger charge is 2.53. The third-order valence-electron chi connectivity index (χ3n) is 11.8. The number of Topliss-reactive ketones (excluding diaryl/α,β-unsaturated/α-hetero) is 1. The van der Waals surface area contributed by atoms with Crippen LogP contribution in [-0.4, -0.2) is 170 Å². The van der Waals surface area contributed by atoms with Crippen LogP contribution in [0, 0.1) is 34.3 Å². The maximum absolute atomic E-state index is 14.1. The van der Waals surface area contributed by atoms with Gasteiger partial charge in [-0.1, -0.05) is 40.3 Å². The van der Waals surface area contributed by atoms with Crippen molar-refractivity contribution in [2.45, 2.75) is 179 Å². The summed E-state index contributed by atoms with van der Waals surface area (Å²) >= 11 is 3.09. The lowest BCUT2D eigenvalue weighted by atomic mass is 9.74. The molecule has 0 aromatic heterocycles. The average Bonchev–Trinajstić information content (AvgIpc) is 3.12. The Labute approximate surface area is 349 Å². The van der Waals surface area contributed by atoms with Crippen molar-refractivity contribution >= 4 is 31.7 Å². The van der Waals surface area contributed by atoms with E-state index in [0.29, 0.717) is 6.42 Å². The zero-order valence-corrected chi connectivity index (χ0v) is 37.1. The molecule has 3 aliphatic rings. The van der Waals surface area contributed by atoms with E-state index in [1.807, 2.05) is 25.9 Å². The zero-order chi connectivity index (χ0) is 45.2. The molecule has 0 spiro atoms. The number of cyclic esters (lactones) is 1.